The molecular formula is C13H22N2O. The van der Waals surface area contributed by atoms with Crippen LogP contribution in [0.25, 0.3) is 0 Å². The average molecular weight is 222 g/mol. The first kappa shape index (κ1) is 11.7. The van der Waals surface area contributed by atoms with Gasteiger partial charge in [-0.05, 0) is 51.9 Å². The predicted octanol–water partition coefficient (Wildman–Crippen LogP) is 2.16. The number of nitrogens with zero attached hydrogens (tertiary/aromatic N) is 1. The highest BCUT2D eigenvalue weighted by Crippen LogP contribution is 2.09. The minimum atomic E-state index is 0.531. The fourth-order valence-electron chi connectivity index (χ4n) is 2.27. The van der Waals surface area contributed by atoms with Gasteiger partial charge in [-0.2, -0.15) is 0 Å². The molecule has 2 rings (SSSR count). The van der Waals surface area contributed by atoms with Crippen molar-refractivity contribution in [3.63, 3.8) is 0 Å². The number of furan rings is 1. The number of rotatable bonds is 5. The van der Waals surface area contributed by atoms with Crippen LogP contribution >= 0.6 is 0 Å². The van der Waals surface area contributed by atoms with Crippen molar-refractivity contribution in [2.24, 2.45) is 0 Å². The van der Waals surface area contributed by atoms with E-state index in [-0.39, 0.29) is 0 Å². The summed E-state index contributed by atoms with van der Waals surface area (Å²) in [6.45, 7) is 8.76. The fourth-order valence-corrected chi connectivity index (χ4v) is 2.27. The first-order valence-electron chi connectivity index (χ1n) is 6.25. The summed E-state index contributed by atoms with van der Waals surface area (Å²) in [6, 6.07) is 4.59. The highest BCUT2D eigenvalue weighted by Gasteiger charge is 2.14. The van der Waals surface area contributed by atoms with Gasteiger partial charge in [0.25, 0.3) is 0 Å². The number of hydrogen-bond acceptors (Lipinski definition) is 3. The van der Waals surface area contributed by atoms with E-state index >= 15 is 0 Å². The van der Waals surface area contributed by atoms with E-state index < -0.39 is 0 Å². The van der Waals surface area contributed by atoms with Gasteiger partial charge >= 0.3 is 0 Å². The Labute approximate surface area is 97.8 Å². The lowest BCUT2D eigenvalue weighted by molar-refractivity contribution is 0.294. The first-order valence-corrected chi connectivity index (χ1v) is 6.25. The maximum atomic E-state index is 5.53. The smallest absolute Gasteiger partial charge is 0.117 e. The predicted molar refractivity (Wildman–Crippen MR) is 65.4 cm³/mol. The van der Waals surface area contributed by atoms with Crippen molar-refractivity contribution in [3.05, 3.63) is 23.7 Å². The van der Waals surface area contributed by atoms with Gasteiger partial charge in [0.1, 0.15) is 11.5 Å². The Morgan fingerprint density at radius 2 is 2.12 bits per heavy atom. The van der Waals surface area contributed by atoms with E-state index in [1.807, 2.05) is 19.1 Å². The number of likely N-dealkylation sites (tertiary alicyclic amines) is 1. The molecule has 3 nitrogen and oxygen atoms in total. The van der Waals surface area contributed by atoms with Crippen molar-refractivity contribution in [1.29, 1.82) is 0 Å². The minimum absolute atomic E-state index is 0.531. The van der Waals surface area contributed by atoms with Gasteiger partial charge in [0.15, 0.2) is 0 Å². The third kappa shape index (κ3) is 3.35. The SMILES string of the molecule is Cc1ccc(CNC(C)CN2CCCC2)o1. The van der Waals surface area contributed by atoms with Crippen LogP contribution in [0.1, 0.15) is 31.3 Å². The van der Waals surface area contributed by atoms with Crippen LogP contribution in [0.3, 0.4) is 0 Å². The number of nitrogens with one attached hydrogen (secondary N) is 1. The van der Waals surface area contributed by atoms with Gasteiger partial charge in [0.05, 0.1) is 6.54 Å². The molecule has 1 aliphatic heterocycles. The summed E-state index contributed by atoms with van der Waals surface area (Å²) in [4.78, 5) is 2.53. The van der Waals surface area contributed by atoms with Gasteiger partial charge in [-0.1, -0.05) is 0 Å². The zero-order chi connectivity index (χ0) is 11.4. The highest BCUT2D eigenvalue weighted by atomic mass is 16.3. The van der Waals surface area contributed by atoms with Crippen molar-refractivity contribution >= 4 is 0 Å². The van der Waals surface area contributed by atoms with Crippen LogP contribution in [0.2, 0.25) is 0 Å². The van der Waals surface area contributed by atoms with E-state index in [2.05, 4.69) is 17.1 Å². The molecule has 3 heteroatoms. The Morgan fingerprint density at radius 3 is 2.75 bits per heavy atom. The monoisotopic (exact) mass is 222 g/mol. The lowest BCUT2D eigenvalue weighted by atomic mass is 10.3. The molecule has 1 aromatic heterocycles. The molecule has 2 heterocycles. The molecule has 1 aliphatic rings. The van der Waals surface area contributed by atoms with Crippen LogP contribution < -0.4 is 5.32 Å². The third-order valence-corrected chi connectivity index (χ3v) is 3.15. The van der Waals surface area contributed by atoms with Gasteiger partial charge in [-0.25, -0.2) is 0 Å². The lowest BCUT2D eigenvalue weighted by Gasteiger charge is -2.20. The maximum Gasteiger partial charge on any atom is 0.117 e. The third-order valence-electron chi connectivity index (χ3n) is 3.15. The zero-order valence-corrected chi connectivity index (χ0v) is 10.3. The van der Waals surface area contributed by atoms with Crippen molar-refractivity contribution in [1.82, 2.24) is 10.2 Å². The normalized spacial score (nSPS) is 19.1. The van der Waals surface area contributed by atoms with Crippen LogP contribution in [0.15, 0.2) is 16.5 Å². The van der Waals surface area contributed by atoms with Crippen molar-refractivity contribution in [3.8, 4) is 0 Å². The minimum Gasteiger partial charge on any atom is -0.465 e. The molecule has 16 heavy (non-hydrogen) atoms. The zero-order valence-electron chi connectivity index (χ0n) is 10.3. The molecule has 0 aromatic carbocycles. The molecule has 90 valence electrons. The second-order valence-electron chi connectivity index (χ2n) is 4.80. The molecule has 1 unspecified atom stereocenters. The summed E-state index contributed by atoms with van der Waals surface area (Å²) in [6.07, 6.45) is 2.73. The lowest BCUT2D eigenvalue weighted by Crippen LogP contribution is -2.37. The van der Waals surface area contributed by atoms with Crippen molar-refractivity contribution in [2.45, 2.75) is 39.3 Å². The molecule has 0 bridgehead atoms. The Hall–Kier alpha value is -0.800. The van der Waals surface area contributed by atoms with E-state index in [9.17, 15) is 0 Å². The van der Waals surface area contributed by atoms with Crippen molar-refractivity contribution in [2.75, 3.05) is 19.6 Å². The molecule has 0 amide bonds. The quantitative estimate of drug-likeness (QED) is 0.827. The summed E-state index contributed by atoms with van der Waals surface area (Å²) in [5.41, 5.74) is 0. The molecule has 1 N–H and O–H groups in total. The van der Waals surface area contributed by atoms with Crippen LogP contribution in [-0.2, 0) is 6.54 Å². The van der Waals surface area contributed by atoms with E-state index in [0.29, 0.717) is 6.04 Å². The topological polar surface area (TPSA) is 28.4 Å². The van der Waals surface area contributed by atoms with Gasteiger partial charge in [-0.3, -0.25) is 0 Å². The largest absolute Gasteiger partial charge is 0.465 e. The van der Waals surface area contributed by atoms with Crippen LogP contribution in [0.4, 0.5) is 0 Å². The standard InChI is InChI=1S/C13H22N2O/c1-11(10-15-7-3-4-8-15)14-9-13-6-5-12(2)16-13/h5-6,11,14H,3-4,7-10H2,1-2H3. The van der Waals surface area contributed by atoms with E-state index in [0.717, 1.165) is 24.6 Å². The van der Waals surface area contributed by atoms with Crippen LogP contribution in [-0.4, -0.2) is 30.6 Å². The number of aryl methyl sites for hydroxylation is 1. The molecule has 1 aromatic rings. The molecule has 1 atom stereocenters. The summed E-state index contributed by atoms with van der Waals surface area (Å²) in [5.74, 6) is 2.02. The Bertz CT molecular complexity index is 315. The second kappa shape index (κ2) is 5.51. The van der Waals surface area contributed by atoms with Gasteiger partial charge in [0, 0.05) is 12.6 Å². The molecule has 0 radical (unpaired) electrons. The average Bonchev–Trinajstić information content (AvgIpc) is 2.87. The first-order chi connectivity index (χ1) is 7.74. The Morgan fingerprint density at radius 1 is 1.38 bits per heavy atom. The molecular weight excluding hydrogens is 200 g/mol. The van der Waals surface area contributed by atoms with Crippen LogP contribution in [0.5, 0.6) is 0 Å². The highest BCUT2D eigenvalue weighted by molar-refractivity contribution is 5.05. The van der Waals surface area contributed by atoms with Crippen LogP contribution in [0, 0.1) is 6.92 Å². The summed E-state index contributed by atoms with van der Waals surface area (Å²) < 4.78 is 5.53. The van der Waals surface area contributed by atoms with Gasteiger partial charge < -0.3 is 14.6 Å². The molecule has 1 fully saturated rings. The Balaban J connectivity index is 1.68. The summed E-state index contributed by atoms with van der Waals surface area (Å²) in [5, 5.41) is 3.50. The second-order valence-corrected chi connectivity index (χ2v) is 4.80. The summed E-state index contributed by atoms with van der Waals surface area (Å²) >= 11 is 0. The fraction of sp³-hybridized carbons (Fsp3) is 0.692. The van der Waals surface area contributed by atoms with Gasteiger partial charge in [-0.15, -0.1) is 0 Å². The molecule has 0 saturated carbocycles. The summed E-state index contributed by atoms with van der Waals surface area (Å²) in [7, 11) is 0. The molecule has 1 saturated heterocycles. The van der Waals surface area contributed by atoms with E-state index in [4.69, 9.17) is 4.42 Å². The van der Waals surface area contributed by atoms with E-state index in [1.54, 1.807) is 0 Å². The maximum absolute atomic E-state index is 5.53. The van der Waals surface area contributed by atoms with E-state index in [1.165, 1.54) is 25.9 Å². The molecule has 0 aliphatic carbocycles. The molecule has 0 spiro atoms. The number of hydrogen-bond donors (Lipinski definition) is 1. The Kier molecular flexibility index (Phi) is 4.02. The van der Waals surface area contributed by atoms with Crippen molar-refractivity contribution < 1.29 is 4.42 Å². The van der Waals surface area contributed by atoms with Gasteiger partial charge in [0.2, 0.25) is 0 Å².